The summed E-state index contributed by atoms with van der Waals surface area (Å²) in [6, 6.07) is 10.0. The Labute approximate surface area is 98.2 Å². The molecule has 0 aromatic heterocycles. The van der Waals surface area contributed by atoms with Crippen molar-refractivity contribution in [2.75, 3.05) is 26.2 Å². The summed E-state index contributed by atoms with van der Waals surface area (Å²) in [5.41, 5.74) is 0. The summed E-state index contributed by atoms with van der Waals surface area (Å²) in [5.74, 6) is 2.64. The molecule has 0 N–H and O–H groups in total. The summed E-state index contributed by atoms with van der Waals surface area (Å²) in [4.78, 5) is 2.50. The van der Waals surface area contributed by atoms with Gasteiger partial charge in [-0.15, -0.1) is 0 Å². The number of hydrogen-bond donors (Lipinski definition) is 0. The Hall–Kier alpha value is -1.02. The molecule has 1 heterocycles. The van der Waals surface area contributed by atoms with E-state index in [4.69, 9.17) is 4.74 Å². The zero-order valence-electron chi connectivity index (χ0n) is 10.2. The number of hydrogen-bond acceptors (Lipinski definition) is 2. The van der Waals surface area contributed by atoms with Gasteiger partial charge in [0.1, 0.15) is 12.4 Å². The Balaban J connectivity index is 1.69. The molecule has 16 heavy (non-hydrogen) atoms. The maximum absolute atomic E-state index is 5.70. The van der Waals surface area contributed by atoms with Crippen LogP contribution < -0.4 is 4.74 Å². The van der Waals surface area contributed by atoms with Crippen molar-refractivity contribution in [3.8, 4) is 5.75 Å². The first kappa shape index (κ1) is 11.5. The second-order valence-electron chi connectivity index (χ2n) is 4.88. The Morgan fingerprint density at radius 1 is 1.12 bits per heavy atom. The van der Waals surface area contributed by atoms with Gasteiger partial charge in [-0.2, -0.15) is 0 Å². The van der Waals surface area contributed by atoms with Gasteiger partial charge in [0.05, 0.1) is 0 Å². The fourth-order valence-corrected chi connectivity index (χ4v) is 2.24. The lowest BCUT2D eigenvalue weighted by atomic mass is 10.0. The fraction of sp³-hybridized carbons (Fsp3) is 0.571. The lowest BCUT2D eigenvalue weighted by Gasteiger charge is -2.15. The van der Waals surface area contributed by atoms with E-state index in [1.807, 2.05) is 30.3 Å². The Bertz CT molecular complexity index is 302. The zero-order valence-corrected chi connectivity index (χ0v) is 10.2. The number of nitrogens with zero attached hydrogens (tertiary/aromatic N) is 1. The van der Waals surface area contributed by atoms with Crippen LogP contribution in [0.2, 0.25) is 0 Å². The first-order valence-electron chi connectivity index (χ1n) is 6.16. The normalized spacial score (nSPS) is 25.9. The smallest absolute Gasteiger partial charge is 0.119 e. The lowest BCUT2D eigenvalue weighted by Crippen LogP contribution is -2.26. The SMILES string of the molecule is C[C@@H]1CN(CCOc2ccccc2)C[C@H]1C. The molecule has 0 unspecified atom stereocenters. The summed E-state index contributed by atoms with van der Waals surface area (Å²) in [6.07, 6.45) is 0. The number of benzene rings is 1. The van der Waals surface area contributed by atoms with Gasteiger partial charge in [0, 0.05) is 19.6 Å². The van der Waals surface area contributed by atoms with Gasteiger partial charge < -0.3 is 4.74 Å². The average Bonchev–Trinajstić information content (AvgIpc) is 2.60. The first-order chi connectivity index (χ1) is 7.75. The van der Waals surface area contributed by atoms with Crippen LogP contribution in [0.3, 0.4) is 0 Å². The summed E-state index contributed by atoms with van der Waals surface area (Å²) in [5, 5.41) is 0. The molecule has 1 aromatic carbocycles. The summed E-state index contributed by atoms with van der Waals surface area (Å²) in [6.45, 7) is 8.96. The van der Waals surface area contributed by atoms with Crippen molar-refractivity contribution in [1.82, 2.24) is 4.90 Å². The second kappa shape index (κ2) is 5.35. The van der Waals surface area contributed by atoms with E-state index in [0.29, 0.717) is 0 Å². The van der Waals surface area contributed by atoms with Gasteiger partial charge in [-0.3, -0.25) is 4.90 Å². The number of para-hydroxylation sites is 1. The molecule has 1 aromatic rings. The number of rotatable bonds is 4. The Morgan fingerprint density at radius 2 is 1.75 bits per heavy atom. The minimum atomic E-state index is 0.795. The van der Waals surface area contributed by atoms with Crippen LogP contribution in [0, 0.1) is 11.8 Å². The standard InChI is InChI=1S/C14H21NO/c1-12-10-15(11-13(12)2)8-9-16-14-6-4-3-5-7-14/h3-7,12-13H,8-11H2,1-2H3/t12-,13-/m1/s1. The Kier molecular flexibility index (Phi) is 3.83. The third-order valence-corrected chi connectivity index (χ3v) is 3.48. The zero-order chi connectivity index (χ0) is 11.4. The molecule has 2 rings (SSSR count). The van der Waals surface area contributed by atoms with Gasteiger partial charge in [0.25, 0.3) is 0 Å². The monoisotopic (exact) mass is 219 g/mol. The summed E-state index contributed by atoms with van der Waals surface area (Å²) in [7, 11) is 0. The Morgan fingerprint density at radius 3 is 2.38 bits per heavy atom. The molecule has 88 valence electrons. The van der Waals surface area contributed by atoms with Gasteiger partial charge in [0.15, 0.2) is 0 Å². The van der Waals surface area contributed by atoms with Crippen molar-refractivity contribution >= 4 is 0 Å². The van der Waals surface area contributed by atoms with E-state index in [1.54, 1.807) is 0 Å². The van der Waals surface area contributed by atoms with Crippen LogP contribution in [0.1, 0.15) is 13.8 Å². The largest absolute Gasteiger partial charge is 0.492 e. The van der Waals surface area contributed by atoms with Gasteiger partial charge in [-0.25, -0.2) is 0 Å². The van der Waals surface area contributed by atoms with E-state index in [1.165, 1.54) is 13.1 Å². The molecule has 2 heteroatoms. The fourth-order valence-electron chi connectivity index (χ4n) is 2.24. The van der Waals surface area contributed by atoms with E-state index in [2.05, 4.69) is 18.7 Å². The third kappa shape index (κ3) is 2.99. The highest BCUT2D eigenvalue weighted by Crippen LogP contribution is 2.21. The van der Waals surface area contributed by atoms with Crippen LogP contribution in [0.15, 0.2) is 30.3 Å². The minimum absolute atomic E-state index is 0.795. The van der Waals surface area contributed by atoms with Gasteiger partial charge in [-0.05, 0) is 24.0 Å². The van der Waals surface area contributed by atoms with E-state index >= 15 is 0 Å². The number of likely N-dealkylation sites (tertiary alicyclic amines) is 1. The van der Waals surface area contributed by atoms with Crippen LogP contribution in [0.4, 0.5) is 0 Å². The predicted molar refractivity (Wildman–Crippen MR) is 66.7 cm³/mol. The van der Waals surface area contributed by atoms with Crippen LogP contribution in [0.25, 0.3) is 0 Å². The molecule has 2 nitrogen and oxygen atoms in total. The average molecular weight is 219 g/mol. The second-order valence-corrected chi connectivity index (χ2v) is 4.88. The van der Waals surface area contributed by atoms with E-state index in [-0.39, 0.29) is 0 Å². The first-order valence-corrected chi connectivity index (χ1v) is 6.16. The molecular formula is C14H21NO. The molecule has 0 radical (unpaired) electrons. The molecule has 0 aliphatic carbocycles. The summed E-state index contributed by atoms with van der Waals surface area (Å²) >= 11 is 0. The molecule has 2 atom stereocenters. The van der Waals surface area contributed by atoms with Gasteiger partial charge >= 0.3 is 0 Å². The lowest BCUT2D eigenvalue weighted by molar-refractivity contribution is 0.232. The van der Waals surface area contributed by atoms with Crippen molar-refractivity contribution in [2.24, 2.45) is 11.8 Å². The topological polar surface area (TPSA) is 12.5 Å². The minimum Gasteiger partial charge on any atom is -0.492 e. The molecule has 1 saturated heterocycles. The molecule has 0 amide bonds. The van der Waals surface area contributed by atoms with E-state index in [9.17, 15) is 0 Å². The van der Waals surface area contributed by atoms with E-state index < -0.39 is 0 Å². The van der Waals surface area contributed by atoms with Gasteiger partial charge in [0.2, 0.25) is 0 Å². The predicted octanol–water partition coefficient (Wildman–Crippen LogP) is 2.65. The van der Waals surface area contributed by atoms with Crippen molar-refractivity contribution in [3.63, 3.8) is 0 Å². The number of ether oxygens (including phenoxy) is 1. The molecule has 1 aliphatic heterocycles. The van der Waals surface area contributed by atoms with Crippen molar-refractivity contribution in [3.05, 3.63) is 30.3 Å². The molecule has 1 fully saturated rings. The van der Waals surface area contributed by atoms with Crippen molar-refractivity contribution in [1.29, 1.82) is 0 Å². The molecule has 1 aliphatic rings. The highest BCUT2D eigenvalue weighted by Gasteiger charge is 2.25. The molecule has 0 bridgehead atoms. The van der Waals surface area contributed by atoms with Crippen LogP contribution in [-0.4, -0.2) is 31.1 Å². The van der Waals surface area contributed by atoms with Gasteiger partial charge in [-0.1, -0.05) is 32.0 Å². The highest BCUT2D eigenvalue weighted by molar-refractivity contribution is 5.20. The van der Waals surface area contributed by atoms with E-state index in [0.717, 1.165) is 30.7 Å². The van der Waals surface area contributed by atoms with Crippen LogP contribution in [-0.2, 0) is 0 Å². The summed E-state index contributed by atoms with van der Waals surface area (Å²) < 4.78 is 5.70. The van der Waals surface area contributed by atoms with Crippen LogP contribution in [0.5, 0.6) is 5.75 Å². The molecule has 0 spiro atoms. The maximum atomic E-state index is 5.70. The quantitative estimate of drug-likeness (QED) is 0.772. The van der Waals surface area contributed by atoms with Crippen LogP contribution >= 0.6 is 0 Å². The van der Waals surface area contributed by atoms with Crippen molar-refractivity contribution < 1.29 is 4.74 Å². The molecular weight excluding hydrogens is 198 g/mol. The highest BCUT2D eigenvalue weighted by atomic mass is 16.5. The molecule has 0 saturated carbocycles. The van der Waals surface area contributed by atoms with Crippen molar-refractivity contribution in [2.45, 2.75) is 13.8 Å². The third-order valence-electron chi connectivity index (χ3n) is 3.48. The maximum Gasteiger partial charge on any atom is 0.119 e.